The molecule has 1 aromatic heterocycles. The lowest BCUT2D eigenvalue weighted by atomic mass is 10.0. The van der Waals surface area contributed by atoms with Crippen molar-refractivity contribution in [2.24, 2.45) is 5.73 Å². The predicted molar refractivity (Wildman–Crippen MR) is 60.1 cm³/mol. The van der Waals surface area contributed by atoms with E-state index in [-0.39, 0.29) is 6.04 Å². The van der Waals surface area contributed by atoms with Gasteiger partial charge in [-0.3, -0.25) is 0 Å². The molecule has 1 aliphatic rings. The summed E-state index contributed by atoms with van der Waals surface area (Å²) < 4.78 is 0. The third kappa shape index (κ3) is 1.32. The molecule has 2 N–H and O–H groups in total. The van der Waals surface area contributed by atoms with Gasteiger partial charge in [-0.05, 0) is 24.6 Å². The molecule has 1 aliphatic carbocycles. The van der Waals surface area contributed by atoms with Gasteiger partial charge in [-0.2, -0.15) is 0 Å². The SMILES string of the molecule is NC1CC=Cc2nc3ccccc3nc21. The predicted octanol–water partition coefficient (Wildman–Crippen LogP) is 2.05. The van der Waals surface area contributed by atoms with Crippen LogP contribution in [0.5, 0.6) is 0 Å². The number of benzene rings is 1. The summed E-state index contributed by atoms with van der Waals surface area (Å²) in [5, 5.41) is 0. The van der Waals surface area contributed by atoms with Crippen LogP contribution < -0.4 is 5.73 Å². The molecule has 0 saturated carbocycles. The number of hydrogen-bond donors (Lipinski definition) is 1. The van der Waals surface area contributed by atoms with Crippen LogP contribution in [0.15, 0.2) is 30.3 Å². The minimum Gasteiger partial charge on any atom is -0.322 e. The number of hydrogen-bond acceptors (Lipinski definition) is 3. The van der Waals surface area contributed by atoms with E-state index in [0.29, 0.717) is 0 Å². The number of rotatable bonds is 0. The molecule has 74 valence electrons. The van der Waals surface area contributed by atoms with E-state index in [4.69, 9.17) is 5.73 Å². The van der Waals surface area contributed by atoms with Gasteiger partial charge in [-0.1, -0.05) is 18.2 Å². The fraction of sp³-hybridized carbons (Fsp3) is 0.167. The van der Waals surface area contributed by atoms with Crippen molar-refractivity contribution in [3.05, 3.63) is 41.7 Å². The van der Waals surface area contributed by atoms with Crippen molar-refractivity contribution in [2.75, 3.05) is 0 Å². The molecule has 0 fully saturated rings. The molecule has 2 aromatic rings. The van der Waals surface area contributed by atoms with Gasteiger partial charge in [0.25, 0.3) is 0 Å². The topological polar surface area (TPSA) is 51.8 Å². The minimum absolute atomic E-state index is 0.0119. The summed E-state index contributed by atoms with van der Waals surface area (Å²) in [5.41, 5.74) is 9.65. The van der Waals surface area contributed by atoms with E-state index in [2.05, 4.69) is 16.0 Å². The van der Waals surface area contributed by atoms with E-state index in [1.54, 1.807) is 0 Å². The number of nitrogens with two attached hydrogens (primary N) is 1. The number of nitrogens with zero attached hydrogens (tertiary/aromatic N) is 2. The molecule has 3 heteroatoms. The Labute approximate surface area is 87.7 Å². The van der Waals surface area contributed by atoms with E-state index in [1.807, 2.05) is 30.3 Å². The lowest BCUT2D eigenvalue weighted by molar-refractivity contribution is 0.702. The maximum atomic E-state index is 5.98. The first kappa shape index (κ1) is 8.56. The van der Waals surface area contributed by atoms with E-state index in [0.717, 1.165) is 28.8 Å². The highest BCUT2D eigenvalue weighted by molar-refractivity contribution is 5.76. The molecule has 0 aliphatic heterocycles. The van der Waals surface area contributed by atoms with Crippen LogP contribution in [0.25, 0.3) is 17.1 Å². The largest absolute Gasteiger partial charge is 0.322 e. The molecular weight excluding hydrogens is 186 g/mol. The second kappa shape index (κ2) is 3.14. The Hall–Kier alpha value is -1.74. The smallest absolute Gasteiger partial charge is 0.0894 e. The summed E-state index contributed by atoms with van der Waals surface area (Å²) in [6.45, 7) is 0. The van der Waals surface area contributed by atoms with Crippen LogP contribution in [0.2, 0.25) is 0 Å². The summed E-state index contributed by atoms with van der Waals surface area (Å²) in [6.07, 6.45) is 4.90. The fourth-order valence-corrected chi connectivity index (χ4v) is 1.86. The molecule has 1 unspecified atom stereocenters. The van der Waals surface area contributed by atoms with E-state index in [9.17, 15) is 0 Å². The van der Waals surface area contributed by atoms with Gasteiger partial charge >= 0.3 is 0 Å². The summed E-state index contributed by atoms with van der Waals surface area (Å²) in [7, 11) is 0. The second-order valence-electron chi connectivity index (χ2n) is 3.73. The van der Waals surface area contributed by atoms with Crippen molar-refractivity contribution in [3.63, 3.8) is 0 Å². The third-order valence-corrected chi connectivity index (χ3v) is 2.64. The van der Waals surface area contributed by atoms with Crippen molar-refractivity contribution < 1.29 is 0 Å². The lowest BCUT2D eigenvalue weighted by Gasteiger charge is -2.16. The average Bonchev–Trinajstić information content (AvgIpc) is 2.27. The molecule has 3 nitrogen and oxygen atoms in total. The Morgan fingerprint density at radius 1 is 1.13 bits per heavy atom. The second-order valence-corrected chi connectivity index (χ2v) is 3.73. The number of fused-ring (bicyclic) bond motifs is 2. The molecule has 0 amide bonds. The van der Waals surface area contributed by atoms with E-state index in [1.165, 1.54) is 0 Å². The van der Waals surface area contributed by atoms with Crippen molar-refractivity contribution in [1.29, 1.82) is 0 Å². The van der Waals surface area contributed by atoms with Gasteiger partial charge < -0.3 is 5.73 Å². The molecule has 0 spiro atoms. The van der Waals surface area contributed by atoms with Gasteiger partial charge in [0.05, 0.1) is 28.5 Å². The normalized spacial score (nSPS) is 19.1. The standard InChI is InChI=1S/C12H11N3/c13-8-4-3-7-11-12(8)15-10-6-2-1-5-9(10)14-11/h1-3,5-8H,4,13H2. The third-order valence-electron chi connectivity index (χ3n) is 2.64. The van der Waals surface area contributed by atoms with Crippen LogP contribution >= 0.6 is 0 Å². The van der Waals surface area contributed by atoms with Crippen molar-refractivity contribution >= 4 is 17.1 Å². The maximum Gasteiger partial charge on any atom is 0.0894 e. The molecular formula is C12H11N3. The summed E-state index contributed by atoms with van der Waals surface area (Å²) >= 11 is 0. The Morgan fingerprint density at radius 2 is 1.87 bits per heavy atom. The quantitative estimate of drug-likeness (QED) is 0.703. The van der Waals surface area contributed by atoms with Crippen LogP contribution in [0.4, 0.5) is 0 Å². The molecule has 0 radical (unpaired) electrons. The molecule has 15 heavy (non-hydrogen) atoms. The fourth-order valence-electron chi connectivity index (χ4n) is 1.86. The monoisotopic (exact) mass is 197 g/mol. The summed E-state index contributed by atoms with van der Waals surface area (Å²) in [5.74, 6) is 0. The van der Waals surface area contributed by atoms with Crippen LogP contribution in [0.1, 0.15) is 23.9 Å². The minimum atomic E-state index is -0.0119. The van der Waals surface area contributed by atoms with Crippen molar-refractivity contribution in [2.45, 2.75) is 12.5 Å². The van der Waals surface area contributed by atoms with E-state index < -0.39 is 0 Å². The summed E-state index contributed by atoms with van der Waals surface area (Å²) in [4.78, 5) is 9.09. The molecule has 1 atom stereocenters. The average molecular weight is 197 g/mol. The Kier molecular flexibility index (Phi) is 1.79. The van der Waals surface area contributed by atoms with Gasteiger partial charge in [0.2, 0.25) is 0 Å². The van der Waals surface area contributed by atoms with Crippen LogP contribution in [0, 0.1) is 0 Å². The van der Waals surface area contributed by atoms with Gasteiger partial charge in [0.1, 0.15) is 0 Å². The number of para-hydroxylation sites is 2. The zero-order valence-corrected chi connectivity index (χ0v) is 8.22. The zero-order chi connectivity index (χ0) is 10.3. The zero-order valence-electron chi connectivity index (χ0n) is 8.22. The van der Waals surface area contributed by atoms with Gasteiger partial charge in [0.15, 0.2) is 0 Å². The van der Waals surface area contributed by atoms with Gasteiger partial charge in [-0.25, -0.2) is 9.97 Å². The van der Waals surface area contributed by atoms with Crippen LogP contribution in [-0.2, 0) is 0 Å². The van der Waals surface area contributed by atoms with Gasteiger partial charge in [-0.15, -0.1) is 0 Å². The first-order chi connectivity index (χ1) is 7.34. The maximum absolute atomic E-state index is 5.98. The highest BCUT2D eigenvalue weighted by atomic mass is 14.9. The lowest BCUT2D eigenvalue weighted by Crippen LogP contribution is -2.16. The van der Waals surface area contributed by atoms with E-state index >= 15 is 0 Å². The molecule has 3 rings (SSSR count). The van der Waals surface area contributed by atoms with Crippen molar-refractivity contribution in [1.82, 2.24) is 9.97 Å². The highest BCUT2D eigenvalue weighted by Crippen LogP contribution is 2.24. The molecule has 1 heterocycles. The van der Waals surface area contributed by atoms with Gasteiger partial charge in [0, 0.05) is 0 Å². The molecule has 0 bridgehead atoms. The first-order valence-corrected chi connectivity index (χ1v) is 5.03. The summed E-state index contributed by atoms with van der Waals surface area (Å²) in [6, 6.07) is 7.86. The Bertz CT molecular complexity index is 546. The Balaban J connectivity index is 2.33. The number of aromatic nitrogens is 2. The van der Waals surface area contributed by atoms with Crippen molar-refractivity contribution in [3.8, 4) is 0 Å². The molecule has 1 aromatic carbocycles. The van der Waals surface area contributed by atoms with Crippen LogP contribution in [0.3, 0.4) is 0 Å². The Morgan fingerprint density at radius 3 is 2.67 bits per heavy atom. The first-order valence-electron chi connectivity index (χ1n) is 5.03. The highest BCUT2D eigenvalue weighted by Gasteiger charge is 2.16. The van der Waals surface area contributed by atoms with Crippen LogP contribution in [-0.4, -0.2) is 9.97 Å². The molecule has 0 saturated heterocycles.